The Morgan fingerprint density at radius 3 is 1.29 bits per heavy atom. The molecule has 15 N–H and O–H groups in total. The molecule has 3 saturated heterocycles. The van der Waals surface area contributed by atoms with Crippen LogP contribution in [0, 0.1) is 0 Å². The van der Waals surface area contributed by atoms with Gasteiger partial charge in [-0.2, -0.15) is 0 Å². The van der Waals surface area contributed by atoms with E-state index in [2.05, 4.69) is 0 Å². The number of hydrogen-bond donors (Lipinski definition) is 15. The summed E-state index contributed by atoms with van der Waals surface area (Å²) in [7, 11) is 0. The third-order valence-corrected chi connectivity index (χ3v) is 9.39. The molecule has 0 saturated carbocycles. The molecule has 0 aliphatic carbocycles. The Bertz CT molecular complexity index is 1750. The molecular formula is C33H41O22+. The number of phenols is 3. The predicted octanol–water partition coefficient (Wildman–Crippen LogP) is -4.97. The number of hydrogen-bond acceptors (Lipinski definition) is 21. The first-order valence-electron chi connectivity index (χ1n) is 16.7. The van der Waals surface area contributed by atoms with Crippen molar-refractivity contribution in [2.75, 3.05) is 19.8 Å². The van der Waals surface area contributed by atoms with Crippen molar-refractivity contribution in [1.82, 2.24) is 0 Å². The van der Waals surface area contributed by atoms with Crippen LogP contribution in [0.4, 0.5) is 0 Å². The summed E-state index contributed by atoms with van der Waals surface area (Å²) in [6.45, 7) is -2.53. The van der Waals surface area contributed by atoms with Crippen molar-refractivity contribution in [2.24, 2.45) is 0 Å². The normalized spacial score (nSPS) is 36.8. The lowest BCUT2D eigenvalue weighted by molar-refractivity contribution is -0.279. The van der Waals surface area contributed by atoms with Crippen molar-refractivity contribution in [1.29, 1.82) is 0 Å². The van der Waals surface area contributed by atoms with E-state index in [9.17, 15) is 76.6 Å². The van der Waals surface area contributed by atoms with Crippen LogP contribution < -0.4 is 14.2 Å². The molecule has 22 heteroatoms. The maximum Gasteiger partial charge on any atom is 0.402 e. The number of aromatic hydroxyl groups is 3. The maximum absolute atomic E-state index is 11.4. The molecule has 0 radical (unpaired) electrons. The van der Waals surface area contributed by atoms with Gasteiger partial charge in [-0.05, 0) is 0 Å². The van der Waals surface area contributed by atoms with E-state index in [1.807, 2.05) is 0 Å². The van der Waals surface area contributed by atoms with Crippen LogP contribution in [0.2, 0.25) is 0 Å². The van der Waals surface area contributed by atoms with Gasteiger partial charge in [0.15, 0.2) is 11.5 Å². The van der Waals surface area contributed by atoms with E-state index in [-0.39, 0.29) is 16.5 Å². The second-order valence-electron chi connectivity index (χ2n) is 13.1. The Morgan fingerprint density at radius 1 is 0.491 bits per heavy atom. The van der Waals surface area contributed by atoms with Crippen LogP contribution in [0.25, 0.3) is 22.3 Å². The van der Waals surface area contributed by atoms with E-state index in [0.717, 1.165) is 30.3 Å². The molecule has 3 fully saturated rings. The Morgan fingerprint density at radius 2 is 0.891 bits per heavy atom. The van der Waals surface area contributed by atoms with Gasteiger partial charge < -0.3 is 105 Å². The Balaban J connectivity index is 1.50. The highest BCUT2D eigenvalue weighted by Crippen LogP contribution is 2.47. The van der Waals surface area contributed by atoms with Gasteiger partial charge in [0, 0.05) is 24.3 Å². The van der Waals surface area contributed by atoms with Crippen LogP contribution in [0.1, 0.15) is 0 Å². The van der Waals surface area contributed by atoms with E-state index in [1.54, 1.807) is 0 Å². The lowest BCUT2D eigenvalue weighted by atomic mass is 9.99. The molecule has 0 spiro atoms. The molecule has 15 unspecified atom stereocenters. The summed E-state index contributed by atoms with van der Waals surface area (Å²) in [6, 6.07) is 5.17. The van der Waals surface area contributed by atoms with Gasteiger partial charge in [0.05, 0.1) is 31.5 Å². The average molecular weight is 790 g/mol. The largest absolute Gasteiger partial charge is 0.507 e. The van der Waals surface area contributed by atoms with Crippen molar-refractivity contribution in [3.05, 3.63) is 30.3 Å². The van der Waals surface area contributed by atoms with Gasteiger partial charge in [0.25, 0.3) is 0 Å². The Kier molecular flexibility index (Phi) is 12.0. The van der Waals surface area contributed by atoms with E-state index in [4.69, 9.17) is 32.8 Å². The smallest absolute Gasteiger partial charge is 0.402 e. The predicted molar refractivity (Wildman–Crippen MR) is 174 cm³/mol. The molecule has 6 rings (SSSR count). The van der Waals surface area contributed by atoms with Crippen molar-refractivity contribution in [3.8, 4) is 45.8 Å². The first-order valence-corrected chi connectivity index (χ1v) is 16.7. The summed E-state index contributed by atoms with van der Waals surface area (Å²) < 4.78 is 39.6. The molecule has 1 aromatic heterocycles. The van der Waals surface area contributed by atoms with Crippen LogP contribution in [-0.4, -0.2) is 189 Å². The number of phenolic OH excluding ortho intramolecular Hbond substituents is 3. The fourth-order valence-electron chi connectivity index (χ4n) is 6.24. The Hall–Kier alpha value is -3.95. The second kappa shape index (κ2) is 16.3. The van der Waals surface area contributed by atoms with E-state index >= 15 is 0 Å². The van der Waals surface area contributed by atoms with Crippen molar-refractivity contribution in [2.45, 2.75) is 92.1 Å². The lowest BCUT2D eigenvalue weighted by Gasteiger charge is -2.40. The van der Waals surface area contributed by atoms with E-state index in [1.165, 1.54) is 0 Å². The molecule has 22 nitrogen and oxygen atoms in total. The number of fused-ring (bicyclic) bond motifs is 1. The number of ether oxygens (including phenoxy) is 6. The van der Waals surface area contributed by atoms with Crippen LogP contribution >= 0.6 is 0 Å². The molecule has 2 aromatic carbocycles. The molecule has 0 bridgehead atoms. The topological polar surface area (TPSA) is 370 Å². The van der Waals surface area contributed by atoms with Gasteiger partial charge in [-0.1, -0.05) is 0 Å². The standard InChI is InChI=1S/C33H40O22/c34-6-17-21(40)24(43)27(46)31(53-17)50-14-1-9(2-15(20(14)39)51-32-28(47)25(44)22(41)18(7-35)54-32)30-16(5-11-12(38)3-10(37)4-13(11)49-30)52-33-29(48)26(45)23(42)19(8-36)55-33/h1-5,17-19,21-29,31-36,40-48H,6-8H2,(H2-,37,38,39)/p+1. The minimum Gasteiger partial charge on any atom is -0.507 e. The summed E-state index contributed by atoms with van der Waals surface area (Å²) in [6.07, 6.45) is -27.1. The zero-order valence-corrected chi connectivity index (χ0v) is 28.2. The summed E-state index contributed by atoms with van der Waals surface area (Å²) in [4.78, 5) is 0. The van der Waals surface area contributed by atoms with Crippen LogP contribution in [0.3, 0.4) is 0 Å². The van der Waals surface area contributed by atoms with Gasteiger partial charge in [0.2, 0.25) is 30.4 Å². The number of aliphatic hydroxyl groups is 12. The monoisotopic (exact) mass is 789 g/mol. The van der Waals surface area contributed by atoms with Crippen LogP contribution in [0.5, 0.6) is 34.5 Å². The highest BCUT2D eigenvalue weighted by Gasteiger charge is 2.48. The molecule has 304 valence electrons. The van der Waals surface area contributed by atoms with Crippen molar-refractivity contribution >= 4 is 11.0 Å². The molecule has 0 amide bonds. The summed E-state index contributed by atoms with van der Waals surface area (Å²) >= 11 is 0. The highest BCUT2D eigenvalue weighted by atomic mass is 16.7. The van der Waals surface area contributed by atoms with Gasteiger partial charge in [-0.25, -0.2) is 4.42 Å². The minimum atomic E-state index is -2.00. The van der Waals surface area contributed by atoms with E-state index < -0.39 is 152 Å². The van der Waals surface area contributed by atoms with Gasteiger partial charge in [-0.3, -0.25) is 0 Å². The van der Waals surface area contributed by atoms with Crippen molar-refractivity contribution in [3.63, 3.8) is 0 Å². The summed E-state index contributed by atoms with van der Waals surface area (Å²) in [5.41, 5.74) is -0.462. The molecule has 15 atom stereocenters. The van der Waals surface area contributed by atoms with Crippen LogP contribution in [0.15, 0.2) is 34.7 Å². The zero-order chi connectivity index (χ0) is 40.0. The second-order valence-corrected chi connectivity index (χ2v) is 13.1. The fourth-order valence-corrected chi connectivity index (χ4v) is 6.24. The first-order chi connectivity index (χ1) is 26.1. The van der Waals surface area contributed by atoms with Crippen LogP contribution in [-0.2, 0) is 14.2 Å². The minimum absolute atomic E-state index is 0.101. The number of rotatable bonds is 10. The first kappa shape index (κ1) is 40.7. The quantitative estimate of drug-likeness (QED) is 0.0855. The fraction of sp³-hybridized carbons (Fsp3) is 0.545. The number of benzene rings is 2. The summed E-state index contributed by atoms with van der Waals surface area (Å²) in [5, 5.41) is 155. The van der Waals surface area contributed by atoms with Gasteiger partial charge >= 0.3 is 11.3 Å². The SMILES string of the molecule is OCC1OC(Oc2cc3c(O)cc(O)cc3[o+]c2-c2cc(OC3OC(CO)C(O)C(O)C3O)c(O)c(OC3OC(CO)C(O)C(O)C3O)c2)C(O)C(O)C1O. The number of aliphatic hydroxyl groups excluding tert-OH is 12. The molecule has 4 heterocycles. The van der Waals surface area contributed by atoms with Gasteiger partial charge in [0.1, 0.15) is 90.1 Å². The zero-order valence-electron chi connectivity index (χ0n) is 28.2. The third-order valence-electron chi connectivity index (χ3n) is 9.39. The molecule has 3 aliphatic heterocycles. The van der Waals surface area contributed by atoms with Gasteiger partial charge in [-0.15, -0.1) is 0 Å². The lowest BCUT2D eigenvalue weighted by Crippen LogP contribution is -2.60. The highest BCUT2D eigenvalue weighted by molar-refractivity contribution is 5.88. The third kappa shape index (κ3) is 7.76. The molecule has 3 aromatic rings. The maximum atomic E-state index is 11.4. The molecule has 3 aliphatic rings. The van der Waals surface area contributed by atoms with E-state index in [0.29, 0.717) is 0 Å². The average Bonchev–Trinajstić information content (AvgIpc) is 3.16. The van der Waals surface area contributed by atoms with Crippen molar-refractivity contribution < 1.29 is 109 Å². The molecule has 55 heavy (non-hydrogen) atoms. The molecular weight excluding hydrogens is 748 g/mol. The Labute approximate surface area is 308 Å². The summed E-state index contributed by atoms with van der Waals surface area (Å²) in [5.74, 6) is -4.14.